The van der Waals surface area contributed by atoms with Gasteiger partial charge in [0.1, 0.15) is 0 Å². The third kappa shape index (κ3) is 1.17. The molecular weight excluding hydrogens is 224 g/mol. The summed E-state index contributed by atoms with van der Waals surface area (Å²) in [6.07, 6.45) is 6.19. The summed E-state index contributed by atoms with van der Waals surface area (Å²) in [5, 5.41) is 21.8. The molecule has 3 saturated carbocycles. The highest BCUT2D eigenvalue weighted by Crippen LogP contribution is 2.72. The molecule has 2 nitrogen and oxygen atoms in total. The molecule has 0 saturated heterocycles. The van der Waals surface area contributed by atoms with Crippen molar-refractivity contribution in [1.82, 2.24) is 0 Å². The van der Waals surface area contributed by atoms with E-state index in [0.717, 1.165) is 19.3 Å². The van der Waals surface area contributed by atoms with Crippen molar-refractivity contribution in [1.29, 1.82) is 0 Å². The fraction of sp³-hybridized carbons (Fsp3) is 1.00. The maximum Gasteiger partial charge on any atom is 0.0757 e. The van der Waals surface area contributed by atoms with Crippen LogP contribution in [-0.2, 0) is 0 Å². The summed E-state index contributed by atoms with van der Waals surface area (Å²) < 4.78 is 0. The van der Waals surface area contributed by atoms with Crippen LogP contribution in [-0.4, -0.2) is 21.9 Å². The summed E-state index contributed by atoms with van der Waals surface area (Å²) >= 11 is 0. The second-order valence-electron chi connectivity index (χ2n) is 8.30. The zero-order valence-corrected chi connectivity index (χ0v) is 12.3. The first kappa shape index (κ1) is 12.9. The Hall–Kier alpha value is -0.0800. The lowest BCUT2D eigenvalue weighted by molar-refractivity contribution is -0.211. The van der Waals surface area contributed by atoms with Crippen LogP contribution in [0.2, 0.25) is 0 Å². The van der Waals surface area contributed by atoms with Crippen LogP contribution < -0.4 is 0 Å². The molecule has 5 atom stereocenters. The second kappa shape index (κ2) is 3.32. The molecule has 0 aromatic carbocycles. The van der Waals surface area contributed by atoms with E-state index in [9.17, 15) is 10.2 Å². The van der Waals surface area contributed by atoms with Gasteiger partial charge in [0.2, 0.25) is 0 Å². The molecule has 18 heavy (non-hydrogen) atoms. The van der Waals surface area contributed by atoms with Crippen molar-refractivity contribution in [3.63, 3.8) is 0 Å². The summed E-state index contributed by atoms with van der Waals surface area (Å²) in [4.78, 5) is 0. The molecule has 104 valence electrons. The van der Waals surface area contributed by atoms with Crippen LogP contribution in [0.5, 0.6) is 0 Å². The van der Waals surface area contributed by atoms with E-state index in [1.807, 2.05) is 6.92 Å². The molecule has 3 fully saturated rings. The molecule has 5 unspecified atom stereocenters. The van der Waals surface area contributed by atoms with E-state index in [2.05, 4.69) is 20.8 Å². The molecule has 0 aliphatic heterocycles. The first-order valence-electron chi connectivity index (χ1n) is 7.58. The summed E-state index contributed by atoms with van der Waals surface area (Å²) in [6, 6.07) is 0. The van der Waals surface area contributed by atoms with Crippen LogP contribution in [0.3, 0.4) is 0 Å². The smallest absolute Gasteiger partial charge is 0.0757 e. The van der Waals surface area contributed by atoms with Gasteiger partial charge in [0.05, 0.1) is 11.7 Å². The van der Waals surface area contributed by atoms with Gasteiger partial charge >= 0.3 is 0 Å². The molecular formula is C16H28O2. The van der Waals surface area contributed by atoms with Gasteiger partial charge in [0, 0.05) is 10.8 Å². The van der Waals surface area contributed by atoms with Gasteiger partial charge in [0.15, 0.2) is 0 Å². The first-order chi connectivity index (χ1) is 8.17. The molecule has 0 radical (unpaired) electrons. The summed E-state index contributed by atoms with van der Waals surface area (Å²) in [6.45, 7) is 8.84. The Bertz CT molecular complexity index is 373. The number of rotatable bonds is 0. The largest absolute Gasteiger partial charge is 0.392 e. The van der Waals surface area contributed by atoms with E-state index in [1.165, 1.54) is 19.3 Å². The van der Waals surface area contributed by atoms with Crippen LogP contribution in [0.4, 0.5) is 0 Å². The van der Waals surface area contributed by atoms with Gasteiger partial charge in [-0.3, -0.25) is 0 Å². The van der Waals surface area contributed by atoms with Crippen molar-refractivity contribution in [3.05, 3.63) is 0 Å². The molecule has 2 N–H and O–H groups in total. The second-order valence-corrected chi connectivity index (χ2v) is 8.30. The monoisotopic (exact) mass is 252 g/mol. The van der Waals surface area contributed by atoms with Crippen molar-refractivity contribution >= 4 is 0 Å². The molecule has 2 bridgehead atoms. The molecule has 2 heteroatoms. The van der Waals surface area contributed by atoms with Gasteiger partial charge in [0.25, 0.3) is 0 Å². The van der Waals surface area contributed by atoms with Crippen LogP contribution >= 0.6 is 0 Å². The van der Waals surface area contributed by atoms with Crippen molar-refractivity contribution in [2.75, 3.05) is 0 Å². The van der Waals surface area contributed by atoms with Gasteiger partial charge in [-0.2, -0.15) is 0 Å². The van der Waals surface area contributed by atoms with Crippen molar-refractivity contribution in [2.24, 2.45) is 22.2 Å². The fourth-order valence-corrected chi connectivity index (χ4v) is 5.97. The Labute approximate surface area is 111 Å². The summed E-state index contributed by atoms with van der Waals surface area (Å²) in [5.74, 6) is 0.568. The Kier molecular flexibility index (Phi) is 2.39. The van der Waals surface area contributed by atoms with Gasteiger partial charge in [-0.05, 0) is 50.4 Å². The van der Waals surface area contributed by atoms with Crippen molar-refractivity contribution in [2.45, 2.75) is 77.9 Å². The third-order valence-electron chi connectivity index (χ3n) is 7.38. The maximum atomic E-state index is 11.3. The van der Waals surface area contributed by atoms with Gasteiger partial charge < -0.3 is 10.2 Å². The number of hydrogen-bond acceptors (Lipinski definition) is 2. The van der Waals surface area contributed by atoms with Crippen LogP contribution in [0, 0.1) is 22.2 Å². The van der Waals surface area contributed by atoms with Gasteiger partial charge in [-0.15, -0.1) is 0 Å². The molecule has 0 aromatic heterocycles. The molecule has 3 rings (SSSR count). The van der Waals surface area contributed by atoms with E-state index in [-0.39, 0.29) is 16.9 Å². The average molecular weight is 252 g/mol. The minimum absolute atomic E-state index is 0.0405. The number of hydrogen-bond donors (Lipinski definition) is 2. The Morgan fingerprint density at radius 2 is 1.67 bits per heavy atom. The normalized spacial score (nSPS) is 58.3. The van der Waals surface area contributed by atoms with E-state index in [1.54, 1.807) is 0 Å². The fourth-order valence-electron chi connectivity index (χ4n) is 5.97. The standard InChI is InChI=1S/C16H28O2/c1-13(2)7-5-8-16-10-12(17)14(3,15(16,4)18)9-6-11(13)16/h11-12,17-18H,5-10H2,1-4H3. The number of aliphatic hydroxyl groups excluding tert-OH is 1. The predicted molar refractivity (Wildman–Crippen MR) is 72.1 cm³/mol. The van der Waals surface area contributed by atoms with Gasteiger partial charge in [-0.25, -0.2) is 0 Å². The first-order valence-corrected chi connectivity index (χ1v) is 7.58. The quantitative estimate of drug-likeness (QED) is 0.695. The molecule has 0 amide bonds. The highest BCUT2D eigenvalue weighted by atomic mass is 16.3. The van der Waals surface area contributed by atoms with E-state index in [4.69, 9.17) is 0 Å². The molecule has 0 aromatic rings. The lowest BCUT2D eigenvalue weighted by Gasteiger charge is -2.62. The minimum Gasteiger partial charge on any atom is -0.392 e. The van der Waals surface area contributed by atoms with Crippen molar-refractivity contribution < 1.29 is 10.2 Å². The number of fused-ring (bicyclic) bond motifs is 1. The zero-order chi connectivity index (χ0) is 13.4. The molecule has 1 spiro atoms. The predicted octanol–water partition coefficient (Wildman–Crippen LogP) is 3.11. The lowest BCUT2D eigenvalue weighted by Crippen LogP contribution is -2.62. The highest BCUT2D eigenvalue weighted by Gasteiger charge is 2.73. The lowest BCUT2D eigenvalue weighted by atomic mass is 9.45. The third-order valence-corrected chi connectivity index (χ3v) is 7.38. The zero-order valence-electron chi connectivity index (χ0n) is 12.3. The molecule has 0 heterocycles. The van der Waals surface area contributed by atoms with Crippen LogP contribution in [0.15, 0.2) is 0 Å². The topological polar surface area (TPSA) is 40.5 Å². The average Bonchev–Trinajstić information content (AvgIpc) is 2.36. The summed E-state index contributed by atoms with van der Waals surface area (Å²) in [5.41, 5.74) is -0.730. The molecule has 3 aliphatic rings. The Morgan fingerprint density at radius 3 is 2.33 bits per heavy atom. The van der Waals surface area contributed by atoms with Gasteiger partial charge in [-0.1, -0.05) is 27.2 Å². The van der Waals surface area contributed by atoms with Crippen LogP contribution in [0.25, 0.3) is 0 Å². The van der Waals surface area contributed by atoms with Crippen LogP contribution in [0.1, 0.15) is 66.2 Å². The Morgan fingerprint density at radius 1 is 1.00 bits per heavy atom. The minimum atomic E-state index is -0.708. The summed E-state index contributed by atoms with van der Waals surface area (Å²) in [7, 11) is 0. The molecule has 3 aliphatic carbocycles. The van der Waals surface area contributed by atoms with E-state index >= 15 is 0 Å². The van der Waals surface area contributed by atoms with E-state index < -0.39 is 5.60 Å². The number of aliphatic hydroxyl groups is 2. The SMILES string of the molecule is CC1(C)CCCC23CC(O)C(C)(CCC12)C3(C)O. The Balaban J connectivity index is 2.13. The van der Waals surface area contributed by atoms with Crippen molar-refractivity contribution in [3.8, 4) is 0 Å². The van der Waals surface area contributed by atoms with E-state index in [0.29, 0.717) is 11.3 Å². The maximum absolute atomic E-state index is 11.3. The highest BCUT2D eigenvalue weighted by molar-refractivity contribution is 5.22.